The smallest absolute Gasteiger partial charge is 0.220 e. The third kappa shape index (κ3) is 41.9. The van der Waals surface area contributed by atoms with Gasteiger partial charge in [-0.15, -0.1) is 0 Å². The van der Waals surface area contributed by atoms with E-state index < -0.39 is 124 Å². The van der Waals surface area contributed by atoms with Gasteiger partial charge in [0.2, 0.25) is 5.91 Å². The number of unbranched alkanes of at least 4 members (excludes halogenated alkanes) is 27. The first-order valence-corrected chi connectivity index (χ1v) is 39.8. The maximum absolute atomic E-state index is 13.5. The summed E-state index contributed by atoms with van der Waals surface area (Å²) in [6, 6.07) is -0.986. The zero-order chi connectivity index (χ0) is 73.9. The fraction of sp³-hybridized carbons (Fsp3) is 0.747. The minimum atomic E-state index is -1.98. The molecule has 12 N–H and O–H groups in total. The van der Waals surface area contributed by atoms with E-state index in [9.17, 15) is 61.0 Å². The van der Waals surface area contributed by atoms with Crippen molar-refractivity contribution >= 4 is 5.91 Å². The molecule has 3 heterocycles. The number of allylic oxidation sites excluding steroid dienone is 19. The molecular formula is C83H141NO18. The quantitative estimate of drug-likeness (QED) is 0.0199. The van der Waals surface area contributed by atoms with Gasteiger partial charge in [0, 0.05) is 6.42 Å². The van der Waals surface area contributed by atoms with Crippen molar-refractivity contribution in [3.05, 3.63) is 122 Å². The highest BCUT2D eigenvalue weighted by atomic mass is 16.8. The lowest BCUT2D eigenvalue weighted by Gasteiger charge is -2.48. The van der Waals surface area contributed by atoms with Gasteiger partial charge in [-0.05, 0) is 89.9 Å². The number of carbonyl (C=O) groups is 1. The highest BCUT2D eigenvalue weighted by Gasteiger charge is 2.53. The van der Waals surface area contributed by atoms with Crippen LogP contribution in [0.5, 0.6) is 0 Å². The molecule has 19 heteroatoms. The molecule has 3 aliphatic heterocycles. The molecule has 0 saturated carbocycles. The Bertz CT molecular complexity index is 2320. The standard InChI is InChI=1S/C83H141NO18/c1-3-5-7-9-11-13-15-17-19-21-23-25-26-27-28-29-30-31-32-33-34-35-36-37-38-39-40-41-43-45-47-49-51-53-55-57-59-61-71(89)84-66(67(88)60-58-56-54-52-50-48-46-44-42-24-22-20-18-16-14-12-10-8-6-4-2)65-97-81-77(95)74(92)79(69(63-86)99-81)102-83-78(96)75(93)80(70(64-87)100-83)101-82-76(94)73(91)72(90)68(62-85)98-82/h5,7,11,13,17,19,23,25,27-28,30-31,33-34,36-37,39-40,58,60,66-70,72-83,85-88,90-96H,3-4,6,8-10,12,14-16,18,20-22,24,26,29,32,35,38,41-57,59,61-65H2,1-2H3,(H,84,89)/b7-5-,13-11-,19-17-,25-23-,28-27-,31-30-,34-33-,37-36-,40-39-,60-58+. The van der Waals surface area contributed by atoms with Crippen LogP contribution in [-0.4, -0.2) is 193 Å². The number of carbonyl (C=O) groups excluding carboxylic acids is 1. The number of ether oxygens (including phenoxy) is 6. The van der Waals surface area contributed by atoms with Crippen molar-refractivity contribution < 1.29 is 89.4 Å². The lowest BCUT2D eigenvalue weighted by molar-refractivity contribution is -0.379. The van der Waals surface area contributed by atoms with Gasteiger partial charge in [-0.3, -0.25) is 4.79 Å². The van der Waals surface area contributed by atoms with Gasteiger partial charge in [0.1, 0.15) is 73.2 Å². The number of hydrogen-bond acceptors (Lipinski definition) is 18. The van der Waals surface area contributed by atoms with Crippen LogP contribution >= 0.6 is 0 Å². The Hall–Kier alpha value is -3.81. The van der Waals surface area contributed by atoms with Gasteiger partial charge in [0.15, 0.2) is 18.9 Å². The number of aliphatic hydroxyl groups excluding tert-OH is 11. The molecule has 1 amide bonds. The fourth-order valence-corrected chi connectivity index (χ4v) is 12.7. The van der Waals surface area contributed by atoms with Crippen molar-refractivity contribution in [2.24, 2.45) is 0 Å². The summed E-state index contributed by atoms with van der Waals surface area (Å²) < 4.78 is 34.4. The topological polar surface area (TPSA) is 307 Å². The van der Waals surface area contributed by atoms with E-state index in [1.165, 1.54) is 122 Å². The van der Waals surface area contributed by atoms with Crippen molar-refractivity contribution in [1.29, 1.82) is 0 Å². The van der Waals surface area contributed by atoms with Crippen LogP contribution in [0.4, 0.5) is 0 Å². The summed E-state index contributed by atoms with van der Waals surface area (Å²) in [4.78, 5) is 13.5. The molecule has 0 radical (unpaired) electrons. The normalized spacial score (nSPS) is 26.9. The molecule has 102 heavy (non-hydrogen) atoms. The summed E-state index contributed by atoms with van der Waals surface area (Å²) in [5.41, 5.74) is 0. The average Bonchev–Trinajstić information content (AvgIpc) is 0.778. The first-order valence-electron chi connectivity index (χ1n) is 39.8. The summed E-state index contributed by atoms with van der Waals surface area (Å²) in [6.45, 7) is 1.62. The second-order valence-electron chi connectivity index (χ2n) is 27.8. The SMILES string of the molecule is CC/C=C\C/C=C\C/C=C\C/C=C\C/C=C\C/C=C\C/C=C\C/C=C\C/C=C\CCCCCCCCCCCC(=O)NC(COC1OC(CO)C(OC2OC(CO)C(OC3OC(CO)C(O)C(O)C3O)C(O)C2O)C(O)C1O)C(O)/C=C/CCCCCCCCCCCCCCCCCCCC. The molecule has 3 fully saturated rings. The Balaban J connectivity index is 1.37. The van der Waals surface area contributed by atoms with Crippen LogP contribution in [0.3, 0.4) is 0 Å². The molecule has 19 nitrogen and oxygen atoms in total. The molecule has 0 spiro atoms. The molecule has 0 aromatic carbocycles. The molecular weight excluding hydrogens is 1300 g/mol. The first kappa shape index (κ1) is 92.4. The number of rotatable bonds is 61. The van der Waals surface area contributed by atoms with E-state index >= 15 is 0 Å². The van der Waals surface area contributed by atoms with Crippen LogP contribution in [0.15, 0.2) is 122 Å². The van der Waals surface area contributed by atoms with E-state index in [1.807, 2.05) is 6.08 Å². The number of amides is 1. The van der Waals surface area contributed by atoms with Crippen molar-refractivity contribution in [2.45, 2.75) is 369 Å². The van der Waals surface area contributed by atoms with Crippen molar-refractivity contribution in [3.63, 3.8) is 0 Å². The highest BCUT2D eigenvalue weighted by Crippen LogP contribution is 2.33. The van der Waals surface area contributed by atoms with Crippen molar-refractivity contribution in [3.8, 4) is 0 Å². The summed E-state index contributed by atoms with van der Waals surface area (Å²) in [5.74, 6) is -0.285. The Kier molecular flexibility index (Phi) is 56.4. The summed E-state index contributed by atoms with van der Waals surface area (Å²) in [7, 11) is 0. The maximum Gasteiger partial charge on any atom is 0.220 e. The number of nitrogens with one attached hydrogen (secondary N) is 1. The van der Waals surface area contributed by atoms with Crippen LogP contribution in [0.2, 0.25) is 0 Å². The zero-order valence-electron chi connectivity index (χ0n) is 62.5. The Morgan fingerprint density at radius 3 is 1.06 bits per heavy atom. The minimum Gasteiger partial charge on any atom is -0.394 e. The van der Waals surface area contributed by atoms with Gasteiger partial charge in [0.05, 0.1) is 38.6 Å². The third-order valence-electron chi connectivity index (χ3n) is 19.0. The third-order valence-corrected chi connectivity index (χ3v) is 19.0. The summed E-state index contributed by atoms with van der Waals surface area (Å²) >= 11 is 0. The molecule has 17 unspecified atom stereocenters. The Morgan fingerprint density at radius 1 is 0.363 bits per heavy atom. The zero-order valence-corrected chi connectivity index (χ0v) is 62.5. The molecule has 3 saturated heterocycles. The second kappa shape index (κ2) is 62.3. The Labute approximate surface area is 614 Å². The van der Waals surface area contributed by atoms with Crippen LogP contribution in [0.1, 0.15) is 264 Å². The van der Waals surface area contributed by atoms with Crippen molar-refractivity contribution in [1.82, 2.24) is 5.32 Å². The molecule has 586 valence electrons. The predicted octanol–water partition coefficient (Wildman–Crippen LogP) is 13.1. The molecule has 0 bridgehead atoms. The van der Waals surface area contributed by atoms with Gasteiger partial charge < -0.3 is 89.9 Å². The summed E-state index contributed by atoms with van der Waals surface area (Å²) in [5, 5.41) is 121. The van der Waals surface area contributed by atoms with Gasteiger partial charge in [-0.1, -0.05) is 289 Å². The van der Waals surface area contributed by atoms with E-state index in [4.69, 9.17) is 28.4 Å². The van der Waals surface area contributed by atoms with E-state index in [0.29, 0.717) is 6.42 Å². The number of aliphatic hydroxyl groups is 11. The van der Waals surface area contributed by atoms with E-state index in [0.717, 1.165) is 116 Å². The second-order valence-corrected chi connectivity index (χ2v) is 27.8. The van der Waals surface area contributed by atoms with Crippen molar-refractivity contribution in [2.75, 3.05) is 26.4 Å². The molecule has 3 aliphatic rings. The van der Waals surface area contributed by atoms with Gasteiger partial charge in [0.25, 0.3) is 0 Å². The highest BCUT2D eigenvalue weighted by molar-refractivity contribution is 5.76. The number of hydrogen-bond donors (Lipinski definition) is 12. The minimum absolute atomic E-state index is 0.229. The Morgan fingerprint density at radius 2 is 0.676 bits per heavy atom. The fourth-order valence-electron chi connectivity index (χ4n) is 12.7. The van der Waals surface area contributed by atoms with Crippen LogP contribution in [0.25, 0.3) is 0 Å². The lowest BCUT2D eigenvalue weighted by Crippen LogP contribution is -2.66. The van der Waals surface area contributed by atoms with Gasteiger partial charge in [-0.2, -0.15) is 0 Å². The first-order chi connectivity index (χ1) is 49.8. The summed E-state index contributed by atoms with van der Waals surface area (Å²) in [6.07, 6.45) is 60.2. The maximum atomic E-state index is 13.5. The van der Waals surface area contributed by atoms with Gasteiger partial charge in [-0.25, -0.2) is 0 Å². The molecule has 0 aromatic heterocycles. The van der Waals surface area contributed by atoms with E-state index in [1.54, 1.807) is 6.08 Å². The van der Waals surface area contributed by atoms with Crippen LogP contribution in [0, 0.1) is 0 Å². The lowest BCUT2D eigenvalue weighted by atomic mass is 9.96. The molecule has 17 atom stereocenters. The van der Waals surface area contributed by atoms with E-state index in [2.05, 4.69) is 129 Å². The largest absolute Gasteiger partial charge is 0.394 e. The average molecular weight is 1440 g/mol. The molecule has 3 rings (SSSR count). The van der Waals surface area contributed by atoms with Crippen LogP contribution in [-0.2, 0) is 33.2 Å². The van der Waals surface area contributed by atoms with Gasteiger partial charge >= 0.3 is 0 Å². The van der Waals surface area contributed by atoms with E-state index in [-0.39, 0.29) is 18.9 Å². The predicted molar refractivity (Wildman–Crippen MR) is 406 cm³/mol. The molecule has 0 aromatic rings. The molecule has 0 aliphatic carbocycles. The monoisotopic (exact) mass is 1440 g/mol. The van der Waals surface area contributed by atoms with Crippen LogP contribution < -0.4 is 5.32 Å².